The molecule has 0 saturated carbocycles. The fraction of sp³-hybridized carbons (Fsp3) is 0.909. The van der Waals surface area contributed by atoms with Crippen molar-refractivity contribution < 1.29 is 19.1 Å². The Hall–Kier alpha value is -0.393. The van der Waals surface area contributed by atoms with Crippen LogP contribution in [0.15, 0.2) is 0 Å². The summed E-state index contributed by atoms with van der Waals surface area (Å²) in [7, 11) is -1.90. The second kappa shape index (κ2) is 4.47. The van der Waals surface area contributed by atoms with Crippen molar-refractivity contribution in [2.45, 2.75) is 57.5 Å². The third-order valence-corrected chi connectivity index (χ3v) is 7.91. The van der Waals surface area contributed by atoms with Gasteiger partial charge in [0.25, 0.3) is 0 Å². The summed E-state index contributed by atoms with van der Waals surface area (Å²) in [5.41, 5.74) is 0. The number of epoxide rings is 1. The molecule has 1 N–H and O–H groups in total. The molecule has 5 heteroatoms. The van der Waals surface area contributed by atoms with E-state index in [0.29, 0.717) is 6.61 Å². The van der Waals surface area contributed by atoms with Crippen molar-refractivity contribution in [1.29, 1.82) is 0 Å². The average molecular weight is 246 g/mol. The van der Waals surface area contributed by atoms with Gasteiger partial charge in [-0.1, -0.05) is 20.8 Å². The van der Waals surface area contributed by atoms with Crippen LogP contribution in [0.5, 0.6) is 0 Å². The van der Waals surface area contributed by atoms with Gasteiger partial charge in [0.2, 0.25) is 0 Å². The number of rotatable bonds is 5. The Morgan fingerprint density at radius 2 is 2.06 bits per heavy atom. The Kier molecular flexibility index (Phi) is 3.82. The normalized spacial score (nSPS) is 22.9. The van der Waals surface area contributed by atoms with Crippen LogP contribution in [0.2, 0.25) is 18.1 Å². The molecule has 0 aromatic heterocycles. The van der Waals surface area contributed by atoms with Crippen LogP contribution in [0.4, 0.5) is 0 Å². The smallest absolute Gasteiger partial charge is 0.306 e. The lowest BCUT2D eigenvalue weighted by molar-refractivity contribution is -0.139. The van der Waals surface area contributed by atoms with Crippen molar-refractivity contribution in [3.05, 3.63) is 0 Å². The van der Waals surface area contributed by atoms with Crippen LogP contribution in [-0.4, -0.2) is 38.2 Å². The van der Waals surface area contributed by atoms with Crippen molar-refractivity contribution in [2.24, 2.45) is 0 Å². The zero-order valence-corrected chi connectivity index (χ0v) is 11.7. The molecule has 94 valence electrons. The van der Waals surface area contributed by atoms with Gasteiger partial charge in [-0.2, -0.15) is 0 Å². The van der Waals surface area contributed by atoms with Crippen molar-refractivity contribution in [3.63, 3.8) is 0 Å². The molecule has 1 aliphatic heterocycles. The summed E-state index contributed by atoms with van der Waals surface area (Å²) in [5, 5.41) is 8.94. The van der Waals surface area contributed by atoms with Crippen LogP contribution >= 0.6 is 0 Å². The van der Waals surface area contributed by atoms with E-state index >= 15 is 0 Å². The molecular formula is C11H22O4Si. The Morgan fingerprint density at radius 1 is 1.56 bits per heavy atom. The van der Waals surface area contributed by atoms with E-state index in [2.05, 4.69) is 33.9 Å². The van der Waals surface area contributed by atoms with E-state index in [0.717, 1.165) is 0 Å². The molecule has 0 spiro atoms. The number of carboxylic acid groups (broad SMARTS) is 1. The maximum Gasteiger partial charge on any atom is 0.306 e. The van der Waals surface area contributed by atoms with E-state index in [1.165, 1.54) is 0 Å². The number of carboxylic acids is 1. The largest absolute Gasteiger partial charge is 0.481 e. The Bertz CT molecular complexity index is 266. The molecule has 1 heterocycles. The van der Waals surface area contributed by atoms with Crippen LogP contribution in [0.25, 0.3) is 0 Å². The Morgan fingerprint density at radius 3 is 2.38 bits per heavy atom. The highest BCUT2D eigenvalue weighted by atomic mass is 28.4. The first-order valence-corrected chi connectivity index (χ1v) is 8.55. The SMILES string of the molecule is CC(C)(C)[Si](C)(C)OC(CC(=O)O)C1CO1. The highest BCUT2D eigenvalue weighted by Gasteiger charge is 2.44. The van der Waals surface area contributed by atoms with Crippen molar-refractivity contribution >= 4 is 14.3 Å². The van der Waals surface area contributed by atoms with E-state index < -0.39 is 14.3 Å². The first-order valence-electron chi connectivity index (χ1n) is 5.65. The van der Waals surface area contributed by atoms with Gasteiger partial charge < -0.3 is 14.3 Å². The molecule has 1 aliphatic rings. The average Bonchev–Trinajstić information content (AvgIpc) is 2.80. The van der Waals surface area contributed by atoms with E-state index in [-0.39, 0.29) is 23.7 Å². The van der Waals surface area contributed by atoms with Crippen molar-refractivity contribution in [2.75, 3.05) is 6.61 Å². The number of hydrogen-bond donors (Lipinski definition) is 1. The number of ether oxygens (including phenoxy) is 1. The summed E-state index contributed by atoms with van der Waals surface area (Å²) in [6.45, 7) is 11.3. The highest BCUT2D eigenvalue weighted by molar-refractivity contribution is 6.74. The topological polar surface area (TPSA) is 59.1 Å². The van der Waals surface area contributed by atoms with Gasteiger partial charge in [0.05, 0.1) is 19.1 Å². The summed E-state index contributed by atoms with van der Waals surface area (Å²) in [5.74, 6) is -0.820. The lowest BCUT2D eigenvalue weighted by Crippen LogP contribution is -2.45. The van der Waals surface area contributed by atoms with Crippen LogP contribution in [0.3, 0.4) is 0 Å². The van der Waals surface area contributed by atoms with Gasteiger partial charge in [0.1, 0.15) is 6.10 Å². The summed E-state index contributed by atoms with van der Waals surface area (Å²) < 4.78 is 11.2. The quantitative estimate of drug-likeness (QED) is 0.597. The molecule has 1 saturated heterocycles. The minimum atomic E-state index is -1.90. The van der Waals surface area contributed by atoms with Gasteiger partial charge in [-0.05, 0) is 18.1 Å². The number of aliphatic carboxylic acids is 1. The summed E-state index contributed by atoms with van der Waals surface area (Å²) in [6.07, 6.45) is -0.249. The molecule has 1 rings (SSSR count). The lowest BCUT2D eigenvalue weighted by atomic mass is 10.2. The molecule has 0 radical (unpaired) electrons. The molecule has 0 aromatic rings. The van der Waals surface area contributed by atoms with Gasteiger partial charge in [-0.3, -0.25) is 4.79 Å². The highest BCUT2D eigenvalue weighted by Crippen LogP contribution is 2.39. The fourth-order valence-electron chi connectivity index (χ4n) is 1.25. The second-order valence-electron chi connectivity index (χ2n) is 5.89. The zero-order valence-electron chi connectivity index (χ0n) is 10.7. The molecule has 0 aromatic carbocycles. The molecule has 2 atom stereocenters. The predicted octanol–water partition coefficient (Wildman–Crippen LogP) is 2.25. The summed E-state index contributed by atoms with van der Waals surface area (Å²) in [6, 6.07) is 0. The molecule has 4 nitrogen and oxygen atoms in total. The first kappa shape index (κ1) is 13.7. The summed E-state index contributed by atoms with van der Waals surface area (Å²) >= 11 is 0. The molecule has 2 unspecified atom stereocenters. The van der Waals surface area contributed by atoms with E-state index in [1.54, 1.807) is 0 Å². The second-order valence-corrected chi connectivity index (χ2v) is 10.6. The maximum atomic E-state index is 10.8. The monoisotopic (exact) mass is 246 g/mol. The molecule has 1 fully saturated rings. The third kappa shape index (κ3) is 3.57. The molecule has 16 heavy (non-hydrogen) atoms. The van der Waals surface area contributed by atoms with E-state index in [4.69, 9.17) is 14.3 Å². The van der Waals surface area contributed by atoms with E-state index in [1.807, 2.05) is 0 Å². The molecule has 0 bridgehead atoms. The fourth-order valence-corrected chi connectivity index (χ4v) is 2.59. The van der Waals surface area contributed by atoms with Crippen molar-refractivity contribution in [1.82, 2.24) is 0 Å². The van der Waals surface area contributed by atoms with Crippen molar-refractivity contribution in [3.8, 4) is 0 Å². The number of hydrogen-bond acceptors (Lipinski definition) is 3. The van der Waals surface area contributed by atoms with E-state index in [9.17, 15) is 4.79 Å². The van der Waals surface area contributed by atoms with Gasteiger partial charge in [-0.25, -0.2) is 0 Å². The van der Waals surface area contributed by atoms with Gasteiger partial charge in [-0.15, -0.1) is 0 Å². The minimum absolute atomic E-state index is 0.00905. The molecule has 0 amide bonds. The van der Waals surface area contributed by atoms with Crippen LogP contribution in [0, 0.1) is 0 Å². The molecular weight excluding hydrogens is 224 g/mol. The van der Waals surface area contributed by atoms with Crippen LogP contribution in [0.1, 0.15) is 27.2 Å². The standard InChI is InChI=1S/C11H22O4Si/c1-11(2,3)16(4,5)15-8(6-10(12)13)9-7-14-9/h8-9H,6-7H2,1-5H3,(H,12,13). The summed E-state index contributed by atoms with van der Waals surface area (Å²) in [4.78, 5) is 10.8. The number of carbonyl (C=O) groups is 1. The molecule has 0 aliphatic carbocycles. The first-order chi connectivity index (χ1) is 7.13. The van der Waals surface area contributed by atoms with Gasteiger partial charge >= 0.3 is 5.97 Å². The third-order valence-electron chi connectivity index (χ3n) is 3.40. The van der Waals surface area contributed by atoms with Gasteiger partial charge in [0, 0.05) is 0 Å². The van der Waals surface area contributed by atoms with Crippen LogP contribution in [-0.2, 0) is 14.0 Å². The predicted molar refractivity (Wildman–Crippen MR) is 64.1 cm³/mol. The maximum absolute atomic E-state index is 10.8. The minimum Gasteiger partial charge on any atom is -0.481 e. The Labute approximate surface area is 98.1 Å². The Balaban J connectivity index is 2.64. The zero-order chi connectivity index (χ0) is 12.6. The van der Waals surface area contributed by atoms with Gasteiger partial charge in [0.15, 0.2) is 8.32 Å². The van der Waals surface area contributed by atoms with Crippen LogP contribution < -0.4 is 0 Å². The lowest BCUT2D eigenvalue weighted by Gasteiger charge is -2.38.